The van der Waals surface area contributed by atoms with Gasteiger partial charge in [0.2, 0.25) is 0 Å². The fourth-order valence-corrected chi connectivity index (χ4v) is 2.50. The summed E-state index contributed by atoms with van der Waals surface area (Å²) < 4.78 is 0. The smallest absolute Gasteiger partial charge is 0.0449 e. The van der Waals surface area contributed by atoms with E-state index in [1.165, 1.54) is 16.9 Å². The molecule has 18 heavy (non-hydrogen) atoms. The van der Waals surface area contributed by atoms with Gasteiger partial charge in [0.25, 0.3) is 0 Å². The molecule has 100 valence electrons. The Kier molecular flexibility index (Phi) is 3.91. The zero-order valence-electron chi connectivity index (χ0n) is 12.3. The van der Waals surface area contributed by atoms with Crippen molar-refractivity contribution in [2.45, 2.75) is 46.2 Å². The SMILES string of the molecule is CC(C)c1cc2c(cn1)CN(C)CCN2C(C)C. The monoisotopic (exact) mass is 247 g/mol. The molecule has 0 unspecified atom stereocenters. The van der Waals surface area contributed by atoms with Crippen LogP contribution in [0.15, 0.2) is 12.3 Å². The maximum atomic E-state index is 4.61. The number of pyridine rings is 1. The minimum Gasteiger partial charge on any atom is -0.367 e. The fraction of sp³-hybridized carbons (Fsp3) is 0.667. The van der Waals surface area contributed by atoms with Crippen molar-refractivity contribution in [2.24, 2.45) is 0 Å². The van der Waals surface area contributed by atoms with Crippen LogP contribution in [0, 0.1) is 0 Å². The van der Waals surface area contributed by atoms with Crippen LogP contribution in [-0.4, -0.2) is 36.1 Å². The van der Waals surface area contributed by atoms with Gasteiger partial charge in [0.15, 0.2) is 0 Å². The Balaban J connectivity index is 2.44. The van der Waals surface area contributed by atoms with E-state index in [-0.39, 0.29) is 0 Å². The zero-order chi connectivity index (χ0) is 13.3. The molecule has 0 aliphatic carbocycles. The largest absolute Gasteiger partial charge is 0.367 e. The first kappa shape index (κ1) is 13.3. The lowest BCUT2D eigenvalue weighted by atomic mass is 10.1. The van der Waals surface area contributed by atoms with Gasteiger partial charge in [0.05, 0.1) is 0 Å². The molecule has 0 radical (unpaired) electrons. The van der Waals surface area contributed by atoms with Crippen molar-refractivity contribution in [3.63, 3.8) is 0 Å². The topological polar surface area (TPSA) is 19.4 Å². The van der Waals surface area contributed by atoms with Crippen LogP contribution in [-0.2, 0) is 6.54 Å². The van der Waals surface area contributed by atoms with Gasteiger partial charge in [0.1, 0.15) is 0 Å². The van der Waals surface area contributed by atoms with Crippen molar-refractivity contribution in [3.05, 3.63) is 23.5 Å². The third-order valence-corrected chi connectivity index (χ3v) is 3.67. The van der Waals surface area contributed by atoms with Crippen LogP contribution in [0.3, 0.4) is 0 Å². The molecule has 0 saturated heterocycles. The Morgan fingerprint density at radius 3 is 2.50 bits per heavy atom. The minimum absolute atomic E-state index is 0.491. The summed E-state index contributed by atoms with van der Waals surface area (Å²) in [5.74, 6) is 0.491. The number of nitrogens with zero attached hydrogens (tertiary/aromatic N) is 3. The van der Waals surface area contributed by atoms with Crippen molar-refractivity contribution < 1.29 is 0 Å². The second kappa shape index (κ2) is 5.27. The lowest BCUT2D eigenvalue weighted by Crippen LogP contribution is -2.35. The molecular weight excluding hydrogens is 222 g/mol. The van der Waals surface area contributed by atoms with Gasteiger partial charge in [-0.25, -0.2) is 0 Å². The number of rotatable bonds is 2. The maximum absolute atomic E-state index is 4.61. The highest BCUT2D eigenvalue weighted by atomic mass is 15.2. The van der Waals surface area contributed by atoms with Crippen molar-refractivity contribution in [2.75, 3.05) is 25.0 Å². The first-order valence-electron chi connectivity index (χ1n) is 6.93. The molecule has 0 aromatic carbocycles. The Morgan fingerprint density at radius 1 is 1.17 bits per heavy atom. The second-order valence-corrected chi connectivity index (χ2v) is 5.92. The molecule has 2 heterocycles. The first-order chi connectivity index (χ1) is 8.49. The summed E-state index contributed by atoms with van der Waals surface area (Å²) in [4.78, 5) is 9.49. The molecule has 0 spiro atoms. The summed E-state index contributed by atoms with van der Waals surface area (Å²) in [5, 5.41) is 0. The van der Waals surface area contributed by atoms with Gasteiger partial charge in [0, 0.05) is 48.8 Å². The second-order valence-electron chi connectivity index (χ2n) is 5.92. The third kappa shape index (κ3) is 2.66. The summed E-state index contributed by atoms with van der Waals surface area (Å²) in [7, 11) is 2.18. The first-order valence-corrected chi connectivity index (χ1v) is 6.93. The highest BCUT2D eigenvalue weighted by molar-refractivity contribution is 5.55. The molecule has 0 fully saturated rings. The quantitative estimate of drug-likeness (QED) is 0.801. The number of fused-ring (bicyclic) bond motifs is 1. The molecule has 3 heteroatoms. The third-order valence-electron chi connectivity index (χ3n) is 3.67. The lowest BCUT2D eigenvalue weighted by molar-refractivity contribution is 0.339. The van der Waals surface area contributed by atoms with Gasteiger partial charge < -0.3 is 9.80 Å². The fourth-order valence-electron chi connectivity index (χ4n) is 2.50. The van der Waals surface area contributed by atoms with Crippen molar-refractivity contribution in [1.82, 2.24) is 9.88 Å². The van der Waals surface area contributed by atoms with E-state index in [1.54, 1.807) is 0 Å². The molecule has 1 aliphatic rings. The number of hydrogen-bond acceptors (Lipinski definition) is 3. The van der Waals surface area contributed by atoms with Crippen LogP contribution in [0.1, 0.15) is 44.9 Å². The van der Waals surface area contributed by atoms with E-state index in [0.717, 1.165) is 19.6 Å². The van der Waals surface area contributed by atoms with E-state index in [2.05, 4.69) is 61.8 Å². The highest BCUT2D eigenvalue weighted by Gasteiger charge is 2.21. The van der Waals surface area contributed by atoms with E-state index >= 15 is 0 Å². The molecule has 1 aromatic heterocycles. The molecule has 2 rings (SSSR count). The van der Waals surface area contributed by atoms with E-state index in [4.69, 9.17) is 0 Å². The Bertz CT molecular complexity index is 412. The number of likely N-dealkylation sites (N-methyl/N-ethyl adjacent to an activating group) is 1. The lowest BCUT2D eigenvalue weighted by Gasteiger charge is -2.29. The predicted octanol–water partition coefficient (Wildman–Crippen LogP) is 2.87. The van der Waals surface area contributed by atoms with Gasteiger partial charge in [-0.3, -0.25) is 4.98 Å². The van der Waals surface area contributed by atoms with Crippen molar-refractivity contribution in [1.29, 1.82) is 0 Å². The van der Waals surface area contributed by atoms with E-state index in [1.807, 2.05) is 0 Å². The van der Waals surface area contributed by atoms with Gasteiger partial charge >= 0.3 is 0 Å². The summed E-state index contributed by atoms with van der Waals surface area (Å²) in [5.41, 5.74) is 3.94. The Hall–Kier alpha value is -1.09. The van der Waals surface area contributed by atoms with Crippen molar-refractivity contribution in [3.8, 4) is 0 Å². The minimum atomic E-state index is 0.491. The molecule has 0 atom stereocenters. The van der Waals surface area contributed by atoms with Gasteiger partial charge in [-0.1, -0.05) is 13.8 Å². The molecule has 0 amide bonds. The molecule has 0 saturated carbocycles. The van der Waals surface area contributed by atoms with E-state index in [0.29, 0.717) is 12.0 Å². The summed E-state index contributed by atoms with van der Waals surface area (Å²) in [6.07, 6.45) is 2.07. The molecule has 0 bridgehead atoms. The maximum Gasteiger partial charge on any atom is 0.0449 e. The standard InChI is InChI=1S/C15H25N3/c1-11(2)14-8-15-13(9-16-14)10-17(5)6-7-18(15)12(3)4/h8-9,11-12H,6-7,10H2,1-5H3. The molecule has 0 N–H and O–H groups in total. The van der Waals surface area contributed by atoms with Crippen LogP contribution in [0.2, 0.25) is 0 Å². The van der Waals surface area contributed by atoms with E-state index in [9.17, 15) is 0 Å². The van der Waals surface area contributed by atoms with Crippen LogP contribution >= 0.6 is 0 Å². The normalized spacial score (nSPS) is 17.2. The van der Waals surface area contributed by atoms with Crippen LogP contribution < -0.4 is 4.90 Å². The summed E-state index contributed by atoms with van der Waals surface area (Å²) in [6.45, 7) is 12.2. The summed E-state index contributed by atoms with van der Waals surface area (Å²) in [6, 6.07) is 2.83. The van der Waals surface area contributed by atoms with E-state index < -0.39 is 0 Å². The van der Waals surface area contributed by atoms with Crippen molar-refractivity contribution >= 4 is 5.69 Å². The van der Waals surface area contributed by atoms with Crippen LogP contribution in [0.25, 0.3) is 0 Å². The van der Waals surface area contributed by atoms with Crippen LogP contribution in [0.5, 0.6) is 0 Å². The van der Waals surface area contributed by atoms with Gasteiger partial charge in [-0.15, -0.1) is 0 Å². The zero-order valence-corrected chi connectivity index (χ0v) is 12.3. The number of anilines is 1. The molecule has 1 aromatic rings. The van der Waals surface area contributed by atoms with Gasteiger partial charge in [-0.2, -0.15) is 0 Å². The van der Waals surface area contributed by atoms with Gasteiger partial charge in [-0.05, 0) is 32.9 Å². The molecular formula is C15H25N3. The van der Waals surface area contributed by atoms with Crippen LogP contribution in [0.4, 0.5) is 5.69 Å². The summed E-state index contributed by atoms with van der Waals surface area (Å²) >= 11 is 0. The predicted molar refractivity (Wildman–Crippen MR) is 77.1 cm³/mol. The average molecular weight is 247 g/mol. The Labute approximate surface area is 111 Å². The average Bonchev–Trinajstić information content (AvgIpc) is 2.46. The highest BCUT2D eigenvalue weighted by Crippen LogP contribution is 2.28. The number of aromatic nitrogens is 1. The Morgan fingerprint density at radius 2 is 1.89 bits per heavy atom. The number of hydrogen-bond donors (Lipinski definition) is 0. The molecule has 1 aliphatic heterocycles. The molecule has 3 nitrogen and oxygen atoms in total.